The molecule has 0 amide bonds. The van der Waals surface area contributed by atoms with Crippen molar-refractivity contribution in [1.29, 1.82) is 0 Å². The molecule has 0 aliphatic carbocycles. The number of hydrogen-bond donors (Lipinski definition) is 0. The topological polar surface area (TPSA) is 51.0 Å². The lowest BCUT2D eigenvalue weighted by molar-refractivity contribution is 1.11. The summed E-state index contributed by atoms with van der Waals surface area (Å²) in [6, 6.07) is 5.86. The number of aromatic nitrogens is 3. The van der Waals surface area contributed by atoms with E-state index < -0.39 is 0 Å². The Bertz CT molecular complexity index is 630. The Labute approximate surface area is 113 Å². The van der Waals surface area contributed by atoms with Gasteiger partial charge in [0.25, 0.3) is 0 Å². The van der Waals surface area contributed by atoms with Crippen molar-refractivity contribution in [3.8, 4) is 11.4 Å². The predicted octanol–water partition coefficient (Wildman–Crippen LogP) is 3.19. The summed E-state index contributed by atoms with van der Waals surface area (Å²) in [5.41, 5.74) is 4.44. The van der Waals surface area contributed by atoms with Gasteiger partial charge in [0.15, 0.2) is 0 Å². The van der Waals surface area contributed by atoms with E-state index in [1.54, 1.807) is 12.4 Å². The van der Waals surface area contributed by atoms with Crippen molar-refractivity contribution < 1.29 is 0 Å². The SMILES string of the molecule is C/C=C\N=C(/C)c1cccc(-c2ncncc2C)n1. The van der Waals surface area contributed by atoms with Gasteiger partial charge in [-0.25, -0.2) is 15.0 Å². The molecule has 0 aliphatic rings. The van der Waals surface area contributed by atoms with Crippen molar-refractivity contribution in [3.05, 3.63) is 54.3 Å². The molecular formula is C15H16N4. The van der Waals surface area contributed by atoms with E-state index in [1.807, 2.05) is 45.0 Å². The summed E-state index contributed by atoms with van der Waals surface area (Å²) < 4.78 is 0. The molecule has 2 rings (SSSR count). The second-order valence-electron chi connectivity index (χ2n) is 4.16. The smallest absolute Gasteiger partial charge is 0.116 e. The molecule has 19 heavy (non-hydrogen) atoms. The first-order valence-corrected chi connectivity index (χ1v) is 6.12. The first-order valence-electron chi connectivity index (χ1n) is 6.12. The lowest BCUT2D eigenvalue weighted by atomic mass is 10.1. The monoisotopic (exact) mass is 252 g/mol. The lowest BCUT2D eigenvalue weighted by Crippen LogP contribution is -2.00. The number of aryl methyl sites for hydroxylation is 1. The minimum Gasteiger partial charge on any atom is -0.260 e. The van der Waals surface area contributed by atoms with Crippen molar-refractivity contribution in [1.82, 2.24) is 15.0 Å². The molecule has 0 spiro atoms. The van der Waals surface area contributed by atoms with E-state index in [-0.39, 0.29) is 0 Å². The molecular weight excluding hydrogens is 236 g/mol. The van der Waals surface area contributed by atoms with Crippen LogP contribution >= 0.6 is 0 Å². The summed E-state index contributed by atoms with van der Waals surface area (Å²) in [6.07, 6.45) is 6.98. The Hall–Kier alpha value is -2.36. The second kappa shape index (κ2) is 6.00. The molecule has 0 atom stereocenters. The van der Waals surface area contributed by atoms with Crippen molar-refractivity contribution in [2.45, 2.75) is 20.8 Å². The van der Waals surface area contributed by atoms with Crippen LogP contribution in [0.1, 0.15) is 25.1 Å². The van der Waals surface area contributed by atoms with Gasteiger partial charge in [-0.15, -0.1) is 0 Å². The normalized spacial score (nSPS) is 12.1. The molecule has 0 saturated heterocycles. The van der Waals surface area contributed by atoms with Crippen LogP contribution < -0.4 is 0 Å². The van der Waals surface area contributed by atoms with Gasteiger partial charge in [-0.05, 0) is 38.5 Å². The quantitative estimate of drug-likeness (QED) is 0.788. The van der Waals surface area contributed by atoms with Crippen molar-refractivity contribution in [3.63, 3.8) is 0 Å². The predicted molar refractivity (Wildman–Crippen MR) is 77.0 cm³/mol. The molecule has 4 heteroatoms. The summed E-state index contributed by atoms with van der Waals surface area (Å²) in [7, 11) is 0. The van der Waals surface area contributed by atoms with Crippen LogP contribution in [-0.4, -0.2) is 20.7 Å². The summed E-state index contributed by atoms with van der Waals surface area (Å²) in [5, 5.41) is 0. The Morgan fingerprint density at radius 1 is 1.32 bits per heavy atom. The summed E-state index contributed by atoms with van der Waals surface area (Å²) in [4.78, 5) is 17.2. The van der Waals surface area contributed by atoms with Gasteiger partial charge in [0.05, 0.1) is 22.8 Å². The molecule has 0 unspecified atom stereocenters. The zero-order valence-electron chi connectivity index (χ0n) is 11.3. The van der Waals surface area contributed by atoms with Crippen LogP contribution in [0.4, 0.5) is 0 Å². The fourth-order valence-electron chi connectivity index (χ4n) is 1.69. The zero-order chi connectivity index (χ0) is 13.7. The highest BCUT2D eigenvalue weighted by atomic mass is 14.9. The van der Waals surface area contributed by atoms with Crippen molar-refractivity contribution >= 4 is 5.71 Å². The fraction of sp³-hybridized carbons (Fsp3) is 0.200. The molecule has 0 radical (unpaired) electrons. The number of nitrogens with zero attached hydrogens (tertiary/aromatic N) is 4. The van der Waals surface area contributed by atoms with Gasteiger partial charge in [-0.2, -0.15) is 0 Å². The van der Waals surface area contributed by atoms with E-state index in [1.165, 1.54) is 6.33 Å². The Balaban J connectivity index is 2.43. The molecule has 2 heterocycles. The Kier molecular flexibility index (Phi) is 4.13. The van der Waals surface area contributed by atoms with Crippen LogP contribution in [0.3, 0.4) is 0 Å². The van der Waals surface area contributed by atoms with Gasteiger partial charge in [0.2, 0.25) is 0 Å². The van der Waals surface area contributed by atoms with Gasteiger partial charge in [0.1, 0.15) is 6.33 Å². The lowest BCUT2D eigenvalue weighted by Gasteiger charge is -2.05. The van der Waals surface area contributed by atoms with E-state index in [0.29, 0.717) is 0 Å². The van der Waals surface area contributed by atoms with E-state index in [0.717, 1.165) is 28.4 Å². The molecule has 0 bridgehead atoms. The molecule has 2 aromatic heterocycles. The number of hydrogen-bond acceptors (Lipinski definition) is 4. The molecule has 0 saturated carbocycles. The largest absolute Gasteiger partial charge is 0.260 e. The number of rotatable bonds is 3. The highest BCUT2D eigenvalue weighted by Crippen LogP contribution is 2.17. The van der Waals surface area contributed by atoms with Gasteiger partial charge in [0, 0.05) is 12.4 Å². The first-order chi connectivity index (χ1) is 9.22. The van der Waals surface area contributed by atoms with Crippen LogP contribution in [0.25, 0.3) is 11.4 Å². The van der Waals surface area contributed by atoms with Crippen LogP contribution in [0.5, 0.6) is 0 Å². The molecule has 96 valence electrons. The standard InChI is InChI=1S/C15H16N4/c1-4-8-17-12(3)13-6-5-7-14(19-13)15-11(2)9-16-10-18-15/h4-10H,1-3H3/b8-4-,17-12+. The number of aliphatic imine (C=N–C) groups is 1. The molecule has 0 aliphatic heterocycles. The third-order valence-corrected chi connectivity index (χ3v) is 2.67. The average molecular weight is 252 g/mol. The van der Waals surface area contributed by atoms with Crippen molar-refractivity contribution in [2.75, 3.05) is 0 Å². The van der Waals surface area contributed by atoms with Crippen LogP contribution in [0, 0.1) is 6.92 Å². The van der Waals surface area contributed by atoms with E-state index in [9.17, 15) is 0 Å². The zero-order valence-corrected chi connectivity index (χ0v) is 11.3. The molecule has 2 aromatic rings. The van der Waals surface area contributed by atoms with Gasteiger partial charge < -0.3 is 0 Å². The van der Waals surface area contributed by atoms with E-state index in [2.05, 4.69) is 19.9 Å². The van der Waals surface area contributed by atoms with Crippen LogP contribution in [0.15, 0.2) is 48.0 Å². The van der Waals surface area contributed by atoms with E-state index in [4.69, 9.17) is 0 Å². The first kappa shape index (κ1) is 13.1. The maximum atomic E-state index is 4.60. The maximum absolute atomic E-state index is 4.60. The molecule has 4 nitrogen and oxygen atoms in total. The average Bonchev–Trinajstić information content (AvgIpc) is 2.45. The molecule has 0 aromatic carbocycles. The number of pyridine rings is 1. The Morgan fingerprint density at radius 2 is 2.16 bits per heavy atom. The fourth-order valence-corrected chi connectivity index (χ4v) is 1.69. The molecule has 0 N–H and O–H groups in total. The second-order valence-corrected chi connectivity index (χ2v) is 4.16. The minimum atomic E-state index is 0.840. The highest BCUT2D eigenvalue weighted by molar-refractivity contribution is 5.97. The molecule has 0 fully saturated rings. The third-order valence-electron chi connectivity index (χ3n) is 2.67. The maximum Gasteiger partial charge on any atom is 0.116 e. The summed E-state index contributed by atoms with van der Waals surface area (Å²) >= 11 is 0. The van der Waals surface area contributed by atoms with Crippen LogP contribution in [-0.2, 0) is 0 Å². The highest BCUT2D eigenvalue weighted by Gasteiger charge is 2.06. The summed E-state index contributed by atoms with van der Waals surface area (Å²) in [6.45, 7) is 5.86. The van der Waals surface area contributed by atoms with Gasteiger partial charge in [-0.1, -0.05) is 12.1 Å². The summed E-state index contributed by atoms with van der Waals surface area (Å²) in [5.74, 6) is 0. The third kappa shape index (κ3) is 3.10. The minimum absolute atomic E-state index is 0.840. The Morgan fingerprint density at radius 3 is 2.89 bits per heavy atom. The van der Waals surface area contributed by atoms with Gasteiger partial charge in [-0.3, -0.25) is 4.99 Å². The van der Waals surface area contributed by atoms with Crippen molar-refractivity contribution in [2.24, 2.45) is 4.99 Å². The van der Waals surface area contributed by atoms with Crippen LogP contribution in [0.2, 0.25) is 0 Å². The van der Waals surface area contributed by atoms with E-state index >= 15 is 0 Å². The number of allylic oxidation sites excluding steroid dienone is 1. The van der Waals surface area contributed by atoms with Gasteiger partial charge >= 0.3 is 0 Å².